The van der Waals surface area contributed by atoms with Crippen LogP contribution in [0.4, 0.5) is 10.8 Å². The maximum Gasteiger partial charge on any atom is 0.230 e. The molecule has 3 aromatic heterocycles. The molecule has 0 atom stereocenters. The average molecular weight is 491 g/mol. The Morgan fingerprint density at radius 3 is 2.84 bits per heavy atom. The number of benzene rings is 1. The quantitative estimate of drug-likeness (QED) is 0.319. The molecule has 7 nitrogen and oxygen atoms in total. The van der Waals surface area contributed by atoms with E-state index in [4.69, 9.17) is 11.6 Å². The van der Waals surface area contributed by atoms with E-state index in [9.17, 15) is 4.79 Å². The van der Waals surface area contributed by atoms with E-state index < -0.39 is 0 Å². The zero-order chi connectivity index (χ0) is 22.0. The number of aryl methyl sites for hydroxylation is 2. The van der Waals surface area contributed by atoms with Crippen molar-refractivity contribution in [3.63, 3.8) is 0 Å². The second kappa shape index (κ2) is 9.47. The minimum atomic E-state index is -0.137. The van der Waals surface area contributed by atoms with E-state index >= 15 is 0 Å². The highest BCUT2D eigenvalue weighted by molar-refractivity contribution is 7.98. The van der Waals surface area contributed by atoms with E-state index in [1.807, 2.05) is 42.8 Å². The van der Waals surface area contributed by atoms with Gasteiger partial charge in [0.15, 0.2) is 5.13 Å². The summed E-state index contributed by atoms with van der Waals surface area (Å²) in [5.74, 6) is 0.454. The van der Waals surface area contributed by atoms with Crippen molar-refractivity contribution >= 4 is 62.8 Å². The number of halogens is 1. The summed E-state index contributed by atoms with van der Waals surface area (Å²) in [6.07, 6.45) is 0. The molecule has 4 rings (SSSR count). The predicted molar refractivity (Wildman–Crippen MR) is 127 cm³/mol. The summed E-state index contributed by atoms with van der Waals surface area (Å²) in [4.78, 5) is 19.9. The van der Waals surface area contributed by atoms with E-state index in [-0.39, 0.29) is 5.91 Å². The second-order valence-electron chi connectivity index (χ2n) is 6.88. The Morgan fingerprint density at radius 2 is 2.13 bits per heavy atom. The molecule has 0 bridgehead atoms. The average Bonchev–Trinajstić information content (AvgIpc) is 3.45. The molecule has 0 aliphatic heterocycles. The van der Waals surface area contributed by atoms with E-state index in [2.05, 4.69) is 26.6 Å². The number of aromatic nitrogens is 5. The van der Waals surface area contributed by atoms with Crippen LogP contribution >= 0.6 is 46.0 Å². The smallest absolute Gasteiger partial charge is 0.230 e. The predicted octanol–water partition coefficient (Wildman–Crippen LogP) is 5.49. The molecule has 3 heterocycles. The highest BCUT2D eigenvalue weighted by atomic mass is 35.5. The molecular weight excluding hydrogens is 472 g/mol. The molecule has 1 aromatic carbocycles. The van der Waals surface area contributed by atoms with Crippen molar-refractivity contribution in [1.29, 1.82) is 0 Å². The molecule has 0 radical (unpaired) electrons. The van der Waals surface area contributed by atoms with E-state index in [0.29, 0.717) is 28.1 Å². The summed E-state index contributed by atoms with van der Waals surface area (Å²) in [7, 11) is 0. The van der Waals surface area contributed by atoms with Gasteiger partial charge in [0.1, 0.15) is 0 Å². The minimum absolute atomic E-state index is 0.137. The molecule has 0 saturated carbocycles. The van der Waals surface area contributed by atoms with Gasteiger partial charge in [0, 0.05) is 22.9 Å². The second-order valence-corrected chi connectivity index (χ2v) is 10.1. The largest absolute Gasteiger partial charge is 0.274 e. The minimum Gasteiger partial charge on any atom is -0.274 e. The fourth-order valence-corrected chi connectivity index (χ4v) is 5.97. The molecule has 11 heteroatoms. The number of thiophene rings is 1. The lowest BCUT2D eigenvalue weighted by molar-refractivity contribution is -0.115. The van der Waals surface area contributed by atoms with Crippen LogP contribution in [-0.4, -0.2) is 31.1 Å². The molecule has 0 fully saturated rings. The van der Waals surface area contributed by atoms with Crippen molar-refractivity contribution in [2.24, 2.45) is 0 Å². The van der Waals surface area contributed by atoms with Crippen LogP contribution in [0.1, 0.15) is 28.6 Å². The standard InChI is InChI=1S/C20H19ClN6OS3/c1-12-7-13(2)18(17(21)8-12)27(14(3)28)19-22-15(10-30-19)11-31-20-23-24-25-26(20)9-16-5-4-6-29-16/h4-8,10H,9,11H2,1-3H3. The Bertz CT molecular complexity index is 1180. The van der Waals surface area contributed by atoms with Crippen LogP contribution < -0.4 is 4.90 Å². The fraction of sp³-hybridized carbons (Fsp3) is 0.250. The van der Waals surface area contributed by atoms with Gasteiger partial charge < -0.3 is 0 Å². The lowest BCUT2D eigenvalue weighted by Crippen LogP contribution is -2.24. The van der Waals surface area contributed by atoms with Crippen LogP contribution in [0.3, 0.4) is 0 Å². The van der Waals surface area contributed by atoms with Crippen LogP contribution in [0.25, 0.3) is 0 Å². The Morgan fingerprint density at radius 1 is 1.29 bits per heavy atom. The molecule has 1 amide bonds. The molecule has 160 valence electrons. The topological polar surface area (TPSA) is 76.8 Å². The van der Waals surface area contributed by atoms with Gasteiger partial charge in [-0.3, -0.25) is 9.69 Å². The van der Waals surface area contributed by atoms with Gasteiger partial charge in [-0.1, -0.05) is 35.5 Å². The first-order chi connectivity index (χ1) is 14.9. The van der Waals surface area contributed by atoms with Crippen molar-refractivity contribution in [3.05, 3.63) is 61.7 Å². The lowest BCUT2D eigenvalue weighted by Gasteiger charge is -2.22. The highest BCUT2D eigenvalue weighted by Gasteiger charge is 2.23. The van der Waals surface area contributed by atoms with Gasteiger partial charge in [-0.15, -0.1) is 27.8 Å². The van der Waals surface area contributed by atoms with Crippen LogP contribution in [0.15, 0.2) is 40.2 Å². The van der Waals surface area contributed by atoms with E-state index in [1.165, 1.54) is 34.9 Å². The van der Waals surface area contributed by atoms with Gasteiger partial charge in [0.25, 0.3) is 0 Å². The number of thioether (sulfide) groups is 1. The molecule has 0 spiro atoms. The fourth-order valence-electron chi connectivity index (χ4n) is 3.13. The number of hydrogen-bond acceptors (Lipinski definition) is 8. The molecule has 0 unspecified atom stereocenters. The normalized spacial score (nSPS) is 11.1. The number of tetrazole rings is 1. The van der Waals surface area contributed by atoms with Gasteiger partial charge >= 0.3 is 0 Å². The van der Waals surface area contributed by atoms with Crippen LogP contribution in [-0.2, 0) is 17.1 Å². The van der Waals surface area contributed by atoms with Crippen molar-refractivity contribution in [1.82, 2.24) is 25.2 Å². The Labute approximate surface area is 197 Å². The van der Waals surface area contributed by atoms with Crippen LogP contribution in [0.2, 0.25) is 5.02 Å². The zero-order valence-electron chi connectivity index (χ0n) is 17.1. The molecular formula is C20H19ClN6OS3. The molecule has 0 aliphatic rings. The van der Waals surface area contributed by atoms with Gasteiger partial charge in [-0.2, -0.15) is 0 Å². The first-order valence-electron chi connectivity index (χ1n) is 9.35. The number of amides is 1. The van der Waals surface area contributed by atoms with E-state index in [1.54, 1.807) is 20.9 Å². The van der Waals surface area contributed by atoms with Crippen molar-refractivity contribution in [2.45, 2.75) is 38.2 Å². The number of rotatable bonds is 7. The molecule has 0 N–H and O–H groups in total. The Hall–Kier alpha value is -2.27. The van der Waals surface area contributed by atoms with Crippen molar-refractivity contribution < 1.29 is 4.79 Å². The lowest BCUT2D eigenvalue weighted by atomic mass is 10.1. The zero-order valence-corrected chi connectivity index (χ0v) is 20.3. The van der Waals surface area contributed by atoms with E-state index in [0.717, 1.165) is 22.0 Å². The number of hydrogen-bond donors (Lipinski definition) is 0. The van der Waals surface area contributed by atoms with Crippen LogP contribution in [0.5, 0.6) is 0 Å². The number of carbonyl (C=O) groups is 1. The summed E-state index contributed by atoms with van der Waals surface area (Å²) in [5.41, 5.74) is 3.50. The number of thiazole rings is 1. The number of anilines is 2. The summed E-state index contributed by atoms with van der Waals surface area (Å²) in [6, 6.07) is 7.94. The first kappa shape index (κ1) is 21.9. The Kier molecular flexibility index (Phi) is 6.71. The van der Waals surface area contributed by atoms with Gasteiger partial charge in [-0.05, 0) is 52.9 Å². The van der Waals surface area contributed by atoms with Crippen molar-refractivity contribution in [2.75, 3.05) is 4.90 Å². The molecule has 0 saturated heterocycles. The Balaban J connectivity index is 1.52. The van der Waals surface area contributed by atoms with Gasteiger partial charge in [0.2, 0.25) is 11.1 Å². The first-order valence-corrected chi connectivity index (χ1v) is 12.5. The number of carbonyl (C=O) groups excluding carboxylic acids is 1. The van der Waals surface area contributed by atoms with Crippen LogP contribution in [0, 0.1) is 13.8 Å². The van der Waals surface area contributed by atoms with Gasteiger partial charge in [-0.25, -0.2) is 9.67 Å². The van der Waals surface area contributed by atoms with Crippen molar-refractivity contribution in [3.8, 4) is 0 Å². The maximum atomic E-state index is 12.5. The summed E-state index contributed by atoms with van der Waals surface area (Å²) >= 11 is 11.1. The summed E-state index contributed by atoms with van der Waals surface area (Å²) in [5, 5.41) is 17.8. The molecule has 31 heavy (non-hydrogen) atoms. The summed E-state index contributed by atoms with van der Waals surface area (Å²) in [6.45, 7) is 6.08. The highest BCUT2D eigenvalue weighted by Crippen LogP contribution is 2.38. The SMILES string of the molecule is CC(=O)N(c1nc(CSc2nnnn2Cc2cccs2)cs1)c1c(C)cc(C)cc1Cl. The maximum absolute atomic E-state index is 12.5. The third kappa shape index (κ3) is 4.98. The van der Waals surface area contributed by atoms with Gasteiger partial charge in [0.05, 0.1) is 22.9 Å². The third-order valence-electron chi connectivity index (χ3n) is 4.40. The summed E-state index contributed by atoms with van der Waals surface area (Å²) < 4.78 is 1.78. The monoisotopic (exact) mass is 490 g/mol. The molecule has 0 aliphatic carbocycles. The number of nitrogens with zero attached hydrogens (tertiary/aromatic N) is 6. The third-order valence-corrected chi connectivity index (χ3v) is 7.42. The molecule has 4 aromatic rings.